The number of nitrogen functional groups attached to an aromatic ring is 2. The molecule has 2 aromatic rings. The normalized spacial score (nSPS) is 10.5. The van der Waals surface area contributed by atoms with E-state index in [1.165, 1.54) is 6.07 Å². The summed E-state index contributed by atoms with van der Waals surface area (Å²) in [4.78, 5) is 0. The molecule has 0 bridgehead atoms. The van der Waals surface area contributed by atoms with Gasteiger partial charge in [-0.3, -0.25) is 0 Å². The fourth-order valence-electron chi connectivity index (χ4n) is 1.53. The lowest BCUT2D eigenvalue weighted by molar-refractivity contribution is 0.633. The average molecular weight is 321 g/mol. The van der Waals surface area contributed by atoms with E-state index in [1.54, 1.807) is 18.2 Å². The van der Waals surface area contributed by atoms with Crippen molar-refractivity contribution in [2.75, 3.05) is 16.8 Å². The molecule has 0 unspecified atom stereocenters. The molecule has 0 radical (unpaired) electrons. The topological polar surface area (TPSA) is 64.1 Å². The van der Waals surface area contributed by atoms with Gasteiger partial charge in [-0.1, -0.05) is 40.9 Å². The zero-order valence-corrected chi connectivity index (χ0v) is 11.7. The zero-order valence-electron chi connectivity index (χ0n) is 9.48. The predicted molar refractivity (Wildman–Crippen MR) is 80.0 cm³/mol. The molecule has 0 aliphatic heterocycles. The highest BCUT2D eigenvalue weighted by atomic mass is 35.5. The SMILES string of the molecule is Nc1cc(N)c(Nc2cccc(Cl)c2Cl)c(F)c1Cl. The number of rotatable bonds is 2. The van der Waals surface area contributed by atoms with Gasteiger partial charge in [-0.15, -0.1) is 0 Å². The van der Waals surface area contributed by atoms with Crippen molar-refractivity contribution in [2.24, 2.45) is 0 Å². The van der Waals surface area contributed by atoms with Gasteiger partial charge in [-0.25, -0.2) is 4.39 Å². The molecule has 2 rings (SSSR count). The minimum Gasteiger partial charge on any atom is -0.397 e. The minimum absolute atomic E-state index is 0.00312. The Balaban J connectivity index is 2.50. The highest BCUT2D eigenvalue weighted by Gasteiger charge is 2.15. The number of halogens is 4. The third-order valence-electron chi connectivity index (χ3n) is 2.48. The van der Waals surface area contributed by atoms with E-state index in [2.05, 4.69) is 5.32 Å². The van der Waals surface area contributed by atoms with E-state index in [0.29, 0.717) is 10.7 Å². The number of hydrogen-bond acceptors (Lipinski definition) is 3. The number of nitrogens with one attached hydrogen (secondary N) is 1. The maximum Gasteiger partial charge on any atom is 0.169 e. The van der Waals surface area contributed by atoms with Crippen LogP contribution in [0.5, 0.6) is 0 Å². The Kier molecular flexibility index (Phi) is 3.94. The zero-order chi connectivity index (χ0) is 14.2. The second-order valence-corrected chi connectivity index (χ2v) is 4.95. The quantitative estimate of drug-likeness (QED) is 0.703. The van der Waals surface area contributed by atoms with Gasteiger partial charge in [0.1, 0.15) is 5.02 Å². The van der Waals surface area contributed by atoms with Crippen LogP contribution >= 0.6 is 34.8 Å². The van der Waals surface area contributed by atoms with Crippen molar-refractivity contribution in [1.29, 1.82) is 0 Å². The van der Waals surface area contributed by atoms with Crippen molar-refractivity contribution in [1.82, 2.24) is 0 Å². The first-order valence-corrected chi connectivity index (χ1v) is 6.29. The second-order valence-electron chi connectivity index (χ2n) is 3.78. The molecule has 100 valence electrons. The maximum atomic E-state index is 14.0. The standard InChI is InChI=1S/C12H9Cl3FN3/c13-5-2-1-3-8(9(5)14)19-12-7(18)4-6(17)10(15)11(12)16/h1-4,19H,17-18H2. The van der Waals surface area contributed by atoms with Crippen LogP contribution in [0.25, 0.3) is 0 Å². The van der Waals surface area contributed by atoms with E-state index in [4.69, 9.17) is 46.3 Å². The molecule has 0 spiro atoms. The monoisotopic (exact) mass is 319 g/mol. The first kappa shape index (κ1) is 14.1. The molecule has 5 N–H and O–H groups in total. The van der Waals surface area contributed by atoms with Gasteiger partial charge >= 0.3 is 0 Å². The fraction of sp³-hybridized carbons (Fsp3) is 0. The van der Waals surface area contributed by atoms with E-state index in [1.807, 2.05) is 0 Å². The minimum atomic E-state index is -0.741. The Morgan fingerprint density at radius 3 is 2.37 bits per heavy atom. The molecule has 19 heavy (non-hydrogen) atoms. The highest BCUT2D eigenvalue weighted by molar-refractivity contribution is 6.43. The molecule has 0 aromatic heterocycles. The fourth-order valence-corrected chi connectivity index (χ4v) is 2.03. The van der Waals surface area contributed by atoms with Crippen molar-refractivity contribution in [3.05, 3.63) is 45.2 Å². The van der Waals surface area contributed by atoms with Crippen LogP contribution in [0, 0.1) is 5.82 Å². The molecule has 0 fully saturated rings. The number of hydrogen-bond donors (Lipinski definition) is 3. The van der Waals surface area contributed by atoms with Crippen LogP contribution in [0.15, 0.2) is 24.3 Å². The molecule has 0 atom stereocenters. The average Bonchev–Trinajstić information content (AvgIpc) is 2.37. The van der Waals surface area contributed by atoms with Gasteiger partial charge in [0.05, 0.1) is 32.8 Å². The van der Waals surface area contributed by atoms with E-state index in [-0.39, 0.29) is 27.1 Å². The molecule has 0 saturated carbocycles. The summed E-state index contributed by atoms with van der Waals surface area (Å²) >= 11 is 17.6. The lowest BCUT2D eigenvalue weighted by Crippen LogP contribution is -2.03. The van der Waals surface area contributed by atoms with Crippen LogP contribution in [-0.4, -0.2) is 0 Å². The summed E-state index contributed by atoms with van der Waals surface area (Å²) < 4.78 is 14.0. The van der Waals surface area contributed by atoms with Crippen molar-refractivity contribution in [3.63, 3.8) is 0 Å². The second kappa shape index (κ2) is 5.33. The van der Waals surface area contributed by atoms with Gasteiger partial charge in [0, 0.05) is 0 Å². The Morgan fingerprint density at radius 2 is 1.68 bits per heavy atom. The number of benzene rings is 2. The molecule has 0 heterocycles. The lowest BCUT2D eigenvalue weighted by Gasteiger charge is -2.14. The number of nitrogens with two attached hydrogens (primary N) is 2. The van der Waals surface area contributed by atoms with Crippen molar-refractivity contribution >= 4 is 57.6 Å². The van der Waals surface area contributed by atoms with Crippen LogP contribution < -0.4 is 16.8 Å². The van der Waals surface area contributed by atoms with Gasteiger partial charge < -0.3 is 16.8 Å². The lowest BCUT2D eigenvalue weighted by atomic mass is 10.2. The summed E-state index contributed by atoms with van der Waals surface area (Å²) in [6.45, 7) is 0. The smallest absolute Gasteiger partial charge is 0.169 e. The Bertz CT molecular complexity index is 647. The van der Waals surface area contributed by atoms with Crippen LogP contribution in [0.2, 0.25) is 15.1 Å². The molecule has 2 aromatic carbocycles. The van der Waals surface area contributed by atoms with E-state index < -0.39 is 5.82 Å². The van der Waals surface area contributed by atoms with Crippen LogP contribution in [0.3, 0.4) is 0 Å². The van der Waals surface area contributed by atoms with Gasteiger partial charge in [-0.05, 0) is 18.2 Å². The van der Waals surface area contributed by atoms with Crippen molar-refractivity contribution < 1.29 is 4.39 Å². The highest BCUT2D eigenvalue weighted by Crippen LogP contribution is 2.38. The molecule has 0 amide bonds. The number of anilines is 4. The Morgan fingerprint density at radius 1 is 1.00 bits per heavy atom. The van der Waals surface area contributed by atoms with Crippen LogP contribution in [0.1, 0.15) is 0 Å². The summed E-state index contributed by atoms with van der Waals surface area (Å²) in [6.07, 6.45) is 0. The molecule has 3 nitrogen and oxygen atoms in total. The summed E-state index contributed by atoms with van der Waals surface area (Å²) in [7, 11) is 0. The third-order valence-corrected chi connectivity index (χ3v) is 3.68. The van der Waals surface area contributed by atoms with Crippen molar-refractivity contribution in [3.8, 4) is 0 Å². The summed E-state index contributed by atoms with van der Waals surface area (Å²) in [5, 5.41) is 3.16. The van der Waals surface area contributed by atoms with E-state index >= 15 is 0 Å². The van der Waals surface area contributed by atoms with Gasteiger partial charge in [0.15, 0.2) is 5.82 Å². The molecule has 0 aliphatic carbocycles. The first-order chi connectivity index (χ1) is 8.91. The van der Waals surface area contributed by atoms with Gasteiger partial charge in [-0.2, -0.15) is 0 Å². The van der Waals surface area contributed by atoms with E-state index in [0.717, 1.165) is 0 Å². The van der Waals surface area contributed by atoms with Gasteiger partial charge in [0.2, 0.25) is 0 Å². The summed E-state index contributed by atoms with van der Waals surface area (Å²) in [5.41, 5.74) is 11.8. The predicted octanol–water partition coefficient (Wildman–Crippen LogP) is 4.69. The first-order valence-electron chi connectivity index (χ1n) is 5.15. The third kappa shape index (κ3) is 2.66. The Labute approximate surface area is 124 Å². The Hall–Kier alpha value is -1.36. The molecule has 0 aliphatic rings. The van der Waals surface area contributed by atoms with E-state index in [9.17, 15) is 4.39 Å². The van der Waals surface area contributed by atoms with Gasteiger partial charge in [0.25, 0.3) is 0 Å². The van der Waals surface area contributed by atoms with Crippen LogP contribution in [-0.2, 0) is 0 Å². The molecule has 7 heteroatoms. The molecule has 0 saturated heterocycles. The molecular weight excluding hydrogens is 312 g/mol. The maximum absolute atomic E-state index is 14.0. The summed E-state index contributed by atoms with van der Waals surface area (Å²) in [6, 6.07) is 6.29. The van der Waals surface area contributed by atoms with Crippen LogP contribution in [0.4, 0.5) is 27.1 Å². The van der Waals surface area contributed by atoms with Crippen molar-refractivity contribution in [2.45, 2.75) is 0 Å². The molecular formula is C12H9Cl3FN3. The largest absolute Gasteiger partial charge is 0.397 e. The summed E-state index contributed by atoms with van der Waals surface area (Å²) in [5.74, 6) is -0.741.